The Hall–Kier alpha value is 4.37. The first-order valence-corrected chi connectivity index (χ1v) is 34.6. The van der Waals surface area contributed by atoms with Gasteiger partial charge in [-0.05, 0) is 47.3 Å². The van der Waals surface area contributed by atoms with Gasteiger partial charge in [-0.15, -0.1) is 45.5 Å². The molecular weight excluding hydrogens is 989 g/mol. The van der Waals surface area contributed by atoms with Crippen LogP contribution in [0.5, 0.6) is 0 Å². The zero-order valence-electron chi connectivity index (χ0n) is 35.0. The summed E-state index contributed by atoms with van der Waals surface area (Å²) in [5.74, 6) is 6.77. The third-order valence-electron chi connectivity index (χ3n) is 4.53. The summed E-state index contributed by atoms with van der Waals surface area (Å²) in [6.45, 7) is 34.7. The van der Waals surface area contributed by atoms with Crippen LogP contribution >= 0.6 is 68.3 Å². The van der Waals surface area contributed by atoms with Crippen molar-refractivity contribution in [2.75, 3.05) is 49.4 Å². The van der Waals surface area contributed by atoms with Crippen molar-refractivity contribution in [1.82, 2.24) is 0 Å². The Morgan fingerprint density at radius 3 is 0.566 bits per heavy atom. The first-order chi connectivity index (χ1) is 23.3. The van der Waals surface area contributed by atoms with Crippen molar-refractivity contribution in [1.29, 1.82) is 0 Å². The maximum Gasteiger partial charge on any atom is 4.00 e. The Labute approximate surface area is 378 Å². The van der Waals surface area contributed by atoms with E-state index in [-0.39, 0.29) is 21.1 Å². The molecule has 0 aliphatic carbocycles. The molecule has 0 aromatic rings. The monoisotopic (exact) mass is 1060 g/mol. The Kier molecular flexibility index (Phi) is 46.4. The number of hydrogen-bond donors (Lipinski definition) is 0. The van der Waals surface area contributed by atoms with E-state index in [1.165, 1.54) is 45.5 Å². The predicted molar refractivity (Wildman–Crippen MR) is 249 cm³/mol. The molecule has 0 rings (SSSR count). The minimum atomic E-state index is -2.80. The van der Waals surface area contributed by atoms with E-state index >= 15 is 0 Å². The molecule has 0 aliphatic rings. The molecule has 4 atom stereocenters. The van der Waals surface area contributed by atoms with Crippen LogP contribution in [0.1, 0.15) is 111 Å². The second-order valence-electron chi connectivity index (χ2n) is 15.3. The van der Waals surface area contributed by atoms with Crippen LogP contribution in [-0.2, 0) is 86.4 Å². The van der Waals surface area contributed by atoms with Gasteiger partial charge in [0.25, 0.3) is 0 Å². The second-order valence-corrected chi connectivity index (χ2v) is 39.7. The minimum Gasteiger partial charge on any atom is -0.793 e. The quantitative estimate of drug-likeness (QED) is 0.0671. The first kappa shape index (κ1) is 66.5. The van der Waals surface area contributed by atoms with Gasteiger partial charge in [-0.1, -0.05) is 158 Å². The van der Waals surface area contributed by atoms with Gasteiger partial charge in [0.05, 0.1) is 26.4 Å². The zero-order chi connectivity index (χ0) is 41.9. The summed E-state index contributed by atoms with van der Waals surface area (Å²) in [4.78, 5) is 46.3. The smallest absolute Gasteiger partial charge is 0.793 e. The van der Waals surface area contributed by atoms with Crippen LogP contribution < -0.4 is 19.6 Å². The Morgan fingerprint density at radius 1 is 0.340 bits per heavy atom. The van der Waals surface area contributed by atoms with Gasteiger partial charge >= 0.3 is 21.1 Å². The minimum absolute atomic E-state index is 0. The summed E-state index contributed by atoms with van der Waals surface area (Å²) < 4.78 is 20.7. The van der Waals surface area contributed by atoms with Gasteiger partial charge in [-0.3, -0.25) is 0 Å². The van der Waals surface area contributed by atoms with E-state index in [0.717, 1.165) is 23.0 Å². The molecule has 0 aromatic heterocycles. The average Bonchev–Trinajstić information content (AvgIpc) is 2.98. The van der Waals surface area contributed by atoms with Gasteiger partial charge in [0.2, 0.25) is 0 Å². The molecule has 0 N–H and O–H groups in total. The van der Waals surface area contributed by atoms with Crippen LogP contribution in [-0.4, -0.2) is 49.4 Å². The molecule has 8 nitrogen and oxygen atoms in total. The van der Waals surface area contributed by atoms with Gasteiger partial charge < -0.3 is 37.7 Å². The molecule has 0 heterocycles. The molecule has 0 spiro atoms. The maximum atomic E-state index is 11.6. The summed E-state index contributed by atoms with van der Waals surface area (Å²) >= 11 is 24.6. The fourth-order valence-corrected chi connectivity index (χ4v) is 16.5. The standard InChI is InChI=1S/4C8H19O2PS2.Mo/c4*1-7(2)5-10-11(9,12)13-6-8(3)4;/h4*7-8H,5-6H2,1-4H3,(H,9,12);/q;;;;+4/p-4. The van der Waals surface area contributed by atoms with Gasteiger partial charge in [0.15, 0.2) is 0 Å². The van der Waals surface area contributed by atoms with Crippen LogP contribution in [0, 0.1) is 47.3 Å². The van der Waals surface area contributed by atoms with Crippen molar-refractivity contribution in [3.8, 4) is 0 Å². The molecule has 21 heteroatoms. The molecule has 53 heavy (non-hydrogen) atoms. The summed E-state index contributed by atoms with van der Waals surface area (Å²) in [6, 6.07) is 0. The van der Waals surface area contributed by atoms with E-state index in [2.05, 4.69) is 55.4 Å². The van der Waals surface area contributed by atoms with Gasteiger partial charge in [-0.25, -0.2) is 0 Å². The molecule has 0 radical (unpaired) electrons. The molecule has 0 amide bonds. The maximum absolute atomic E-state index is 11.6. The fourth-order valence-electron chi connectivity index (χ4n) is 2.07. The van der Waals surface area contributed by atoms with E-state index in [4.69, 9.17) is 65.3 Å². The van der Waals surface area contributed by atoms with Crippen LogP contribution in [0.2, 0.25) is 0 Å². The number of rotatable bonds is 24. The van der Waals surface area contributed by atoms with Crippen LogP contribution in [0.3, 0.4) is 0 Å². The van der Waals surface area contributed by atoms with Crippen molar-refractivity contribution in [2.24, 2.45) is 47.3 Å². The SMILES string of the molecule is CC(C)COP([O-])(=S)SCC(C)C.CC(C)COP([O-])(=S)SCC(C)C.CC(C)COP([O-])(=S)SCC(C)C.CC(C)COP([O-])(=S)SCC(C)C.[Mo+4]. The Bertz CT molecular complexity index is 835. The third-order valence-corrected chi connectivity index (χ3v) is 22.8. The fraction of sp³-hybridized carbons (Fsp3) is 1.00. The second kappa shape index (κ2) is 37.0. The van der Waals surface area contributed by atoms with E-state index < -0.39 is 22.8 Å². The summed E-state index contributed by atoms with van der Waals surface area (Å²) in [6.07, 6.45) is 0. The van der Waals surface area contributed by atoms with Crippen molar-refractivity contribution < 1.29 is 58.7 Å². The van der Waals surface area contributed by atoms with Crippen molar-refractivity contribution in [3.63, 3.8) is 0 Å². The first-order valence-electron chi connectivity index (χ1n) is 17.7. The van der Waals surface area contributed by atoms with Gasteiger partial charge in [0, 0.05) is 45.8 Å². The van der Waals surface area contributed by atoms with Crippen LogP contribution in [0.25, 0.3) is 0 Å². The zero-order valence-corrected chi connectivity index (χ0v) is 47.1. The van der Waals surface area contributed by atoms with Gasteiger partial charge in [0.1, 0.15) is 0 Å². The van der Waals surface area contributed by atoms with E-state index in [1.807, 2.05) is 55.4 Å². The van der Waals surface area contributed by atoms with Crippen molar-refractivity contribution in [2.45, 2.75) is 111 Å². The van der Waals surface area contributed by atoms with E-state index in [0.29, 0.717) is 73.8 Å². The molecule has 0 saturated carbocycles. The molecule has 322 valence electrons. The Balaban J connectivity index is -0.000000192. The molecule has 0 fully saturated rings. The molecule has 0 aliphatic heterocycles. The summed E-state index contributed by atoms with van der Waals surface area (Å²) in [7, 11) is 0. The molecule has 0 aromatic carbocycles. The van der Waals surface area contributed by atoms with Crippen molar-refractivity contribution >= 4 is 116 Å². The largest absolute Gasteiger partial charge is 4.00 e. The van der Waals surface area contributed by atoms with Crippen LogP contribution in [0.15, 0.2) is 0 Å². The number of hydrogen-bond acceptors (Lipinski definition) is 16. The third kappa shape index (κ3) is 60.8. The molecule has 0 saturated heterocycles. The summed E-state index contributed by atoms with van der Waals surface area (Å²) in [5.41, 5.74) is -11.2. The van der Waals surface area contributed by atoms with Crippen molar-refractivity contribution in [3.05, 3.63) is 0 Å². The molecule has 0 bridgehead atoms. The molecule has 4 unspecified atom stereocenters. The Morgan fingerprint density at radius 2 is 0.472 bits per heavy atom. The topological polar surface area (TPSA) is 129 Å². The van der Waals surface area contributed by atoms with E-state index in [9.17, 15) is 19.6 Å². The average molecular weight is 1060 g/mol. The van der Waals surface area contributed by atoms with Crippen LogP contribution in [0.4, 0.5) is 0 Å². The van der Waals surface area contributed by atoms with E-state index in [1.54, 1.807) is 0 Å². The van der Waals surface area contributed by atoms with Gasteiger partial charge in [-0.2, -0.15) is 0 Å². The normalized spacial score (nSPS) is 16.2. The molecular formula is C32H72MoO8P4S8. The predicted octanol–water partition coefficient (Wildman–Crippen LogP) is 10.5. The summed E-state index contributed by atoms with van der Waals surface area (Å²) in [5, 5.41) is 0.